The van der Waals surface area contributed by atoms with Gasteiger partial charge in [0.1, 0.15) is 0 Å². The second kappa shape index (κ2) is 5.74. The number of rotatable bonds is 1. The fourth-order valence-electron chi connectivity index (χ4n) is 4.88. The van der Waals surface area contributed by atoms with Crippen LogP contribution < -0.4 is 0 Å². The van der Waals surface area contributed by atoms with Crippen molar-refractivity contribution in [3.05, 3.63) is 96.3 Å². The lowest BCUT2D eigenvalue weighted by Crippen LogP contribution is -2.26. The second-order valence-corrected chi connectivity index (χ2v) is 8.31. The monoisotopic (exact) mass is 372 g/mol. The second-order valence-electron chi connectivity index (χ2n) is 8.31. The summed E-state index contributed by atoms with van der Waals surface area (Å²) in [6.45, 7) is 4.59. The van der Waals surface area contributed by atoms with Crippen LogP contribution in [0.4, 0.5) is 0 Å². The maximum Gasteiger partial charge on any atom is 0.0802 e. The Balaban J connectivity index is 1.77. The van der Waals surface area contributed by atoms with Crippen LogP contribution in [0.1, 0.15) is 25.1 Å². The number of benzene rings is 3. The molecule has 3 aromatic carbocycles. The van der Waals surface area contributed by atoms with Crippen molar-refractivity contribution in [1.29, 1.82) is 0 Å². The summed E-state index contributed by atoms with van der Waals surface area (Å²) in [5.74, 6) is 0. The Bertz CT molecular complexity index is 1420. The smallest absolute Gasteiger partial charge is 0.0802 e. The zero-order chi connectivity index (χ0) is 19.6. The third-order valence-electron chi connectivity index (χ3n) is 6.22. The number of hydrogen-bond acceptors (Lipinski definition) is 2. The van der Waals surface area contributed by atoms with Gasteiger partial charge in [0.25, 0.3) is 0 Å². The lowest BCUT2D eigenvalue weighted by atomic mass is 9.70. The van der Waals surface area contributed by atoms with Crippen LogP contribution in [-0.4, -0.2) is 9.97 Å². The predicted octanol–water partition coefficient (Wildman–Crippen LogP) is 6.76. The fraction of sp³-hybridized carbons (Fsp3) is 0.111. The van der Waals surface area contributed by atoms with Crippen LogP contribution in [0.3, 0.4) is 0 Å². The Morgan fingerprint density at radius 3 is 2.41 bits per heavy atom. The van der Waals surface area contributed by atoms with E-state index < -0.39 is 0 Å². The van der Waals surface area contributed by atoms with Crippen molar-refractivity contribution in [3.63, 3.8) is 0 Å². The number of aromatic nitrogens is 2. The van der Waals surface area contributed by atoms with Crippen LogP contribution in [-0.2, 0) is 5.41 Å². The molecular formula is C27H20N2. The molecule has 2 nitrogen and oxygen atoms in total. The van der Waals surface area contributed by atoms with Crippen molar-refractivity contribution in [1.82, 2.24) is 9.97 Å². The van der Waals surface area contributed by atoms with E-state index in [2.05, 4.69) is 86.6 Å². The molecular weight excluding hydrogens is 352 g/mol. The van der Waals surface area contributed by atoms with E-state index in [4.69, 9.17) is 9.97 Å². The number of fused-ring (bicyclic) bond motifs is 4. The Kier molecular flexibility index (Phi) is 3.25. The molecule has 0 saturated heterocycles. The van der Waals surface area contributed by atoms with E-state index in [1.165, 1.54) is 32.7 Å². The van der Waals surface area contributed by atoms with Gasteiger partial charge >= 0.3 is 0 Å². The Morgan fingerprint density at radius 1 is 0.759 bits per heavy atom. The van der Waals surface area contributed by atoms with Crippen LogP contribution in [0, 0.1) is 0 Å². The first-order chi connectivity index (χ1) is 14.1. The molecule has 138 valence electrons. The molecule has 0 amide bonds. The summed E-state index contributed by atoms with van der Waals surface area (Å²) in [7, 11) is 0. The van der Waals surface area contributed by atoms with Gasteiger partial charge in [0.05, 0.1) is 17.1 Å². The molecule has 0 aliphatic heterocycles. The summed E-state index contributed by atoms with van der Waals surface area (Å²) in [5.41, 5.74) is 6.63. The molecule has 0 atom stereocenters. The minimum atomic E-state index is -0.227. The third kappa shape index (κ3) is 2.23. The topological polar surface area (TPSA) is 25.8 Å². The molecule has 2 heterocycles. The zero-order valence-corrected chi connectivity index (χ0v) is 16.5. The fourth-order valence-corrected chi connectivity index (χ4v) is 4.88. The molecule has 6 rings (SSSR count). The molecule has 0 N–H and O–H groups in total. The van der Waals surface area contributed by atoms with Gasteiger partial charge in [0, 0.05) is 28.1 Å². The first-order valence-corrected chi connectivity index (χ1v) is 10.0. The minimum absolute atomic E-state index is 0.227. The number of hydrogen-bond donors (Lipinski definition) is 0. The summed E-state index contributed by atoms with van der Waals surface area (Å²) >= 11 is 0. The first-order valence-electron chi connectivity index (χ1n) is 10.0. The molecule has 0 fully saturated rings. The van der Waals surface area contributed by atoms with Gasteiger partial charge in [0.15, 0.2) is 0 Å². The molecule has 1 aliphatic rings. The molecule has 0 spiro atoms. The lowest BCUT2D eigenvalue weighted by molar-refractivity contribution is 0.627. The average Bonchev–Trinajstić information content (AvgIpc) is 2.77. The highest BCUT2D eigenvalue weighted by Crippen LogP contribution is 2.49. The van der Waals surface area contributed by atoms with E-state index in [9.17, 15) is 0 Å². The van der Waals surface area contributed by atoms with E-state index in [1.54, 1.807) is 0 Å². The standard InChI is InChI=1S/C27H20N2/c1-27(2)24-20-11-7-6-8-17(20)12-13-21(24)25-23-19(14-15-28-25)16-22(29-26(23)27)18-9-4-3-5-10-18/h3-16H,1-2H3. The van der Waals surface area contributed by atoms with Crippen molar-refractivity contribution in [2.45, 2.75) is 19.3 Å². The molecule has 5 aromatic rings. The van der Waals surface area contributed by atoms with E-state index in [1.807, 2.05) is 12.3 Å². The highest BCUT2D eigenvalue weighted by atomic mass is 14.8. The van der Waals surface area contributed by atoms with Gasteiger partial charge in [-0.25, -0.2) is 0 Å². The Hall–Kier alpha value is -3.52. The maximum absolute atomic E-state index is 5.22. The van der Waals surface area contributed by atoms with Crippen molar-refractivity contribution < 1.29 is 0 Å². The third-order valence-corrected chi connectivity index (χ3v) is 6.22. The van der Waals surface area contributed by atoms with Gasteiger partial charge in [-0.3, -0.25) is 9.97 Å². The van der Waals surface area contributed by atoms with Gasteiger partial charge in [-0.2, -0.15) is 0 Å². The van der Waals surface area contributed by atoms with E-state index in [0.717, 1.165) is 22.6 Å². The van der Waals surface area contributed by atoms with Crippen molar-refractivity contribution in [3.8, 4) is 22.5 Å². The molecule has 0 radical (unpaired) electrons. The predicted molar refractivity (Wildman–Crippen MR) is 120 cm³/mol. The molecule has 2 aromatic heterocycles. The molecule has 1 aliphatic carbocycles. The van der Waals surface area contributed by atoms with Crippen LogP contribution in [0.15, 0.2) is 85.1 Å². The van der Waals surface area contributed by atoms with Gasteiger partial charge < -0.3 is 0 Å². The van der Waals surface area contributed by atoms with E-state index >= 15 is 0 Å². The van der Waals surface area contributed by atoms with E-state index in [0.29, 0.717) is 0 Å². The normalized spacial score (nSPS) is 14.1. The van der Waals surface area contributed by atoms with Crippen molar-refractivity contribution in [2.75, 3.05) is 0 Å². The Labute approximate surface area is 169 Å². The van der Waals surface area contributed by atoms with Crippen LogP contribution in [0.2, 0.25) is 0 Å². The number of nitrogens with zero attached hydrogens (tertiary/aromatic N) is 2. The summed E-state index contributed by atoms with van der Waals surface area (Å²) in [5, 5.41) is 4.92. The molecule has 29 heavy (non-hydrogen) atoms. The SMILES string of the molecule is CC1(C)c2c(ccc3ccccc23)-c2nccc3cc(-c4ccccc4)nc1c23. The van der Waals surface area contributed by atoms with Gasteiger partial charge in [-0.05, 0) is 33.9 Å². The molecule has 0 unspecified atom stereocenters. The Morgan fingerprint density at radius 2 is 1.55 bits per heavy atom. The molecule has 0 saturated carbocycles. The van der Waals surface area contributed by atoms with Crippen LogP contribution in [0.5, 0.6) is 0 Å². The maximum atomic E-state index is 5.22. The van der Waals surface area contributed by atoms with E-state index in [-0.39, 0.29) is 5.41 Å². The zero-order valence-electron chi connectivity index (χ0n) is 16.5. The largest absolute Gasteiger partial charge is 0.256 e. The quantitative estimate of drug-likeness (QED) is 0.325. The van der Waals surface area contributed by atoms with Gasteiger partial charge in [0.2, 0.25) is 0 Å². The summed E-state index contributed by atoms with van der Waals surface area (Å²) in [6, 6.07) is 27.8. The molecule has 0 bridgehead atoms. The first kappa shape index (κ1) is 16.4. The highest BCUT2D eigenvalue weighted by molar-refractivity contribution is 6.05. The van der Waals surface area contributed by atoms with Gasteiger partial charge in [-0.15, -0.1) is 0 Å². The minimum Gasteiger partial charge on any atom is -0.256 e. The summed E-state index contributed by atoms with van der Waals surface area (Å²) in [6.07, 6.45) is 1.92. The van der Waals surface area contributed by atoms with Gasteiger partial charge in [-0.1, -0.05) is 80.6 Å². The highest BCUT2D eigenvalue weighted by Gasteiger charge is 2.37. The van der Waals surface area contributed by atoms with Crippen molar-refractivity contribution in [2.24, 2.45) is 0 Å². The summed E-state index contributed by atoms with van der Waals surface area (Å²) in [4.78, 5) is 10.0. The molecule has 2 heteroatoms. The summed E-state index contributed by atoms with van der Waals surface area (Å²) < 4.78 is 0. The van der Waals surface area contributed by atoms with Crippen LogP contribution in [0.25, 0.3) is 44.1 Å². The van der Waals surface area contributed by atoms with Crippen molar-refractivity contribution >= 4 is 21.5 Å². The van der Waals surface area contributed by atoms with Crippen LogP contribution >= 0.6 is 0 Å². The average molecular weight is 372 g/mol. The number of pyridine rings is 2. The lowest BCUT2D eigenvalue weighted by Gasteiger charge is -2.35.